The van der Waals surface area contributed by atoms with E-state index in [2.05, 4.69) is 12.2 Å². The van der Waals surface area contributed by atoms with Crippen LogP contribution in [0.2, 0.25) is 0 Å². The van der Waals surface area contributed by atoms with Crippen molar-refractivity contribution < 1.29 is 12.8 Å². The van der Waals surface area contributed by atoms with E-state index in [4.69, 9.17) is 4.42 Å². The van der Waals surface area contributed by atoms with Crippen LogP contribution in [-0.4, -0.2) is 20.2 Å². The van der Waals surface area contributed by atoms with Crippen molar-refractivity contribution in [1.82, 2.24) is 5.32 Å². The van der Waals surface area contributed by atoms with Gasteiger partial charge in [-0.2, -0.15) is 0 Å². The van der Waals surface area contributed by atoms with E-state index in [1.54, 1.807) is 6.07 Å². The summed E-state index contributed by atoms with van der Waals surface area (Å²) in [4.78, 5) is 0. The molecule has 0 bridgehead atoms. The average Bonchev–Trinajstić information content (AvgIpc) is 2.83. The van der Waals surface area contributed by atoms with E-state index < -0.39 is 9.84 Å². The van der Waals surface area contributed by atoms with Crippen LogP contribution < -0.4 is 5.32 Å². The molecule has 4 nitrogen and oxygen atoms in total. The first-order valence-electron chi connectivity index (χ1n) is 7.51. The third-order valence-electron chi connectivity index (χ3n) is 4.01. The first-order valence-corrected chi connectivity index (χ1v) is 9.22. The number of furan rings is 1. The summed E-state index contributed by atoms with van der Waals surface area (Å²) < 4.78 is 30.5. The minimum absolute atomic E-state index is 0.0382. The summed E-state index contributed by atoms with van der Waals surface area (Å²) in [5, 5.41) is 2.98. The summed E-state index contributed by atoms with van der Waals surface area (Å²) in [5.41, 5.74) is 0. The highest BCUT2D eigenvalue weighted by Gasteiger charge is 2.30. The lowest BCUT2D eigenvalue weighted by Gasteiger charge is -2.26. The molecule has 5 heteroatoms. The third-order valence-corrected chi connectivity index (χ3v) is 6.14. The molecule has 20 heavy (non-hydrogen) atoms. The van der Waals surface area contributed by atoms with Crippen LogP contribution in [0.3, 0.4) is 0 Å². The first kappa shape index (κ1) is 15.6. The quantitative estimate of drug-likeness (QED) is 0.877. The Hall–Kier alpha value is -0.810. The fourth-order valence-corrected chi connectivity index (χ4v) is 4.80. The SMILES string of the molecule is CCNCc1ccc(CS(=O)(=O)C2CCCC(C)C2)o1. The molecule has 1 saturated carbocycles. The van der Waals surface area contributed by atoms with E-state index in [-0.39, 0.29) is 11.0 Å². The molecule has 2 atom stereocenters. The van der Waals surface area contributed by atoms with Gasteiger partial charge in [0.2, 0.25) is 0 Å². The van der Waals surface area contributed by atoms with Gasteiger partial charge in [-0.25, -0.2) is 8.42 Å². The van der Waals surface area contributed by atoms with Crippen molar-refractivity contribution in [3.8, 4) is 0 Å². The summed E-state index contributed by atoms with van der Waals surface area (Å²) in [7, 11) is -3.09. The van der Waals surface area contributed by atoms with Crippen molar-refractivity contribution in [2.75, 3.05) is 6.54 Å². The van der Waals surface area contributed by atoms with Crippen molar-refractivity contribution in [3.63, 3.8) is 0 Å². The summed E-state index contributed by atoms with van der Waals surface area (Å²) >= 11 is 0. The van der Waals surface area contributed by atoms with Gasteiger partial charge in [0.15, 0.2) is 9.84 Å². The molecule has 0 aliphatic heterocycles. The molecule has 1 aromatic rings. The summed E-state index contributed by atoms with van der Waals surface area (Å²) in [6.07, 6.45) is 3.78. The van der Waals surface area contributed by atoms with Crippen LogP contribution in [0.25, 0.3) is 0 Å². The number of hydrogen-bond donors (Lipinski definition) is 1. The first-order chi connectivity index (χ1) is 9.51. The Morgan fingerprint density at radius 1 is 1.30 bits per heavy atom. The fourth-order valence-electron chi connectivity index (χ4n) is 2.86. The standard InChI is InChI=1S/C15H25NO3S/c1-3-16-10-13-7-8-14(19-13)11-20(17,18)15-6-4-5-12(2)9-15/h7-8,12,15-16H,3-6,9-11H2,1-2H3. The largest absolute Gasteiger partial charge is 0.464 e. The monoisotopic (exact) mass is 299 g/mol. The molecular weight excluding hydrogens is 274 g/mol. The van der Waals surface area contributed by atoms with Gasteiger partial charge < -0.3 is 9.73 Å². The second-order valence-electron chi connectivity index (χ2n) is 5.85. The van der Waals surface area contributed by atoms with Crippen LogP contribution in [0, 0.1) is 5.92 Å². The highest BCUT2D eigenvalue weighted by Crippen LogP contribution is 2.30. The van der Waals surface area contributed by atoms with Gasteiger partial charge in [-0.1, -0.05) is 26.7 Å². The Kier molecular flexibility index (Phi) is 5.27. The average molecular weight is 299 g/mol. The molecule has 1 aromatic heterocycles. The lowest BCUT2D eigenvalue weighted by molar-refractivity contribution is 0.380. The van der Waals surface area contributed by atoms with Crippen LogP contribution in [-0.2, 0) is 22.1 Å². The van der Waals surface area contributed by atoms with Crippen LogP contribution in [0.1, 0.15) is 51.1 Å². The van der Waals surface area contributed by atoms with Crippen LogP contribution in [0.4, 0.5) is 0 Å². The third kappa shape index (κ3) is 4.09. The molecule has 2 unspecified atom stereocenters. The molecule has 1 aliphatic rings. The second-order valence-corrected chi connectivity index (χ2v) is 8.13. The van der Waals surface area contributed by atoms with E-state index in [1.807, 2.05) is 13.0 Å². The lowest BCUT2D eigenvalue weighted by atomic mass is 9.91. The molecule has 2 rings (SSSR count). The molecule has 1 N–H and O–H groups in total. The normalized spacial score (nSPS) is 23.9. The van der Waals surface area contributed by atoms with E-state index in [0.717, 1.165) is 38.0 Å². The predicted molar refractivity (Wildman–Crippen MR) is 80.1 cm³/mol. The number of nitrogens with one attached hydrogen (secondary N) is 1. The van der Waals surface area contributed by atoms with Gasteiger partial charge in [-0.3, -0.25) is 0 Å². The topological polar surface area (TPSA) is 59.3 Å². The van der Waals surface area contributed by atoms with Crippen molar-refractivity contribution in [2.24, 2.45) is 5.92 Å². The highest BCUT2D eigenvalue weighted by atomic mass is 32.2. The van der Waals surface area contributed by atoms with E-state index in [1.165, 1.54) is 0 Å². The van der Waals surface area contributed by atoms with Gasteiger partial charge in [0.25, 0.3) is 0 Å². The van der Waals surface area contributed by atoms with Gasteiger partial charge in [0.05, 0.1) is 11.8 Å². The van der Waals surface area contributed by atoms with Crippen molar-refractivity contribution in [2.45, 2.75) is 57.1 Å². The van der Waals surface area contributed by atoms with Crippen LogP contribution in [0.5, 0.6) is 0 Å². The minimum atomic E-state index is -3.09. The summed E-state index contributed by atoms with van der Waals surface area (Å²) in [6, 6.07) is 3.65. The number of hydrogen-bond acceptors (Lipinski definition) is 4. The molecule has 0 radical (unpaired) electrons. The molecular formula is C15H25NO3S. The van der Waals surface area contributed by atoms with Gasteiger partial charge in [0.1, 0.15) is 17.3 Å². The molecule has 1 fully saturated rings. The zero-order chi connectivity index (χ0) is 14.6. The Morgan fingerprint density at radius 3 is 2.75 bits per heavy atom. The fraction of sp³-hybridized carbons (Fsp3) is 0.733. The highest BCUT2D eigenvalue weighted by molar-refractivity contribution is 7.91. The summed E-state index contributed by atoms with van der Waals surface area (Å²) in [5.74, 6) is 1.92. The molecule has 0 spiro atoms. The van der Waals surface area contributed by atoms with E-state index in [9.17, 15) is 8.42 Å². The Labute approximate surface area is 121 Å². The number of rotatable bonds is 6. The molecule has 0 saturated heterocycles. The van der Waals surface area contributed by atoms with Crippen LogP contribution >= 0.6 is 0 Å². The van der Waals surface area contributed by atoms with Gasteiger partial charge in [-0.15, -0.1) is 0 Å². The van der Waals surface area contributed by atoms with Gasteiger partial charge >= 0.3 is 0 Å². The van der Waals surface area contributed by atoms with Gasteiger partial charge in [0, 0.05) is 0 Å². The zero-order valence-corrected chi connectivity index (χ0v) is 13.2. The Morgan fingerprint density at radius 2 is 2.05 bits per heavy atom. The maximum Gasteiger partial charge on any atom is 0.160 e. The Bertz CT molecular complexity index is 521. The zero-order valence-electron chi connectivity index (χ0n) is 12.4. The smallest absolute Gasteiger partial charge is 0.160 e. The van der Waals surface area contributed by atoms with E-state index in [0.29, 0.717) is 18.2 Å². The van der Waals surface area contributed by atoms with E-state index >= 15 is 0 Å². The Balaban J connectivity index is 1.98. The van der Waals surface area contributed by atoms with Gasteiger partial charge in [-0.05, 0) is 37.4 Å². The summed E-state index contributed by atoms with van der Waals surface area (Å²) in [6.45, 7) is 5.69. The maximum absolute atomic E-state index is 12.4. The molecule has 1 aliphatic carbocycles. The predicted octanol–water partition coefficient (Wildman–Crippen LogP) is 2.88. The van der Waals surface area contributed by atoms with Crippen LogP contribution in [0.15, 0.2) is 16.5 Å². The van der Waals surface area contributed by atoms with Crippen molar-refractivity contribution >= 4 is 9.84 Å². The molecule has 0 aromatic carbocycles. The molecule has 114 valence electrons. The second kappa shape index (κ2) is 6.76. The van der Waals surface area contributed by atoms with Crippen molar-refractivity contribution in [3.05, 3.63) is 23.7 Å². The maximum atomic E-state index is 12.4. The lowest BCUT2D eigenvalue weighted by Crippen LogP contribution is -2.28. The molecule has 1 heterocycles. The minimum Gasteiger partial charge on any atom is -0.464 e. The van der Waals surface area contributed by atoms with Crippen molar-refractivity contribution in [1.29, 1.82) is 0 Å². The molecule has 0 amide bonds. The number of sulfone groups is 1.